The maximum atomic E-state index is 5.80. The van der Waals surface area contributed by atoms with Crippen molar-refractivity contribution in [1.82, 2.24) is 20.5 Å². The van der Waals surface area contributed by atoms with Crippen LogP contribution >= 0.6 is 35.3 Å². The zero-order valence-corrected chi connectivity index (χ0v) is 20.5. The minimum atomic E-state index is 0. The number of benzene rings is 1. The lowest BCUT2D eigenvalue weighted by molar-refractivity contribution is 0.261. The van der Waals surface area contributed by atoms with Crippen molar-refractivity contribution in [2.24, 2.45) is 4.99 Å². The van der Waals surface area contributed by atoms with Gasteiger partial charge in [-0.1, -0.05) is 26.0 Å². The Morgan fingerprint density at radius 1 is 1.25 bits per heavy atom. The molecular weight excluding hydrogens is 485 g/mol. The summed E-state index contributed by atoms with van der Waals surface area (Å²) < 4.78 is 5.80. The molecule has 0 amide bonds. The first-order chi connectivity index (χ1) is 13.0. The number of nitrogens with zero attached hydrogens (tertiary/aromatic N) is 3. The summed E-state index contributed by atoms with van der Waals surface area (Å²) in [5, 5.41) is 9.85. The molecule has 0 spiro atoms. The fraction of sp³-hybridized carbons (Fsp3) is 0.500. The van der Waals surface area contributed by atoms with Crippen molar-refractivity contribution in [3.8, 4) is 5.75 Å². The fourth-order valence-electron chi connectivity index (χ4n) is 2.33. The van der Waals surface area contributed by atoms with Crippen LogP contribution in [-0.4, -0.2) is 50.1 Å². The number of aliphatic imine (C=N–C) groups is 1. The number of ether oxygens (including phenoxy) is 1. The summed E-state index contributed by atoms with van der Waals surface area (Å²) in [6.45, 7) is 7.24. The van der Waals surface area contributed by atoms with E-state index in [1.54, 1.807) is 18.4 Å². The number of nitrogens with one attached hydrogen (secondary N) is 2. The van der Waals surface area contributed by atoms with Gasteiger partial charge in [-0.25, -0.2) is 4.98 Å². The van der Waals surface area contributed by atoms with E-state index in [4.69, 9.17) is 4.74 Å². The molecule has 0 saturated heterocycles. The second-order valence-corrected chi connectivity index (χ2v) is 7.84. The maximum Gasteiger partial charge on any atom is 0.191 e. The van der Waals surface area contributed by atoms with Crippen LogP contribution in [0, 0.1) is 0 Å². The molecule has 156 valence electrons. The highest BCUT2D eigenvalue weighted by Gasteiger charge is 2.06. The second-order valence-electron chi connectivity index (χ2n) is 6.90. The summed E-state index contributed by atoms with van der Waals surface area (Å²) in [7, 11) is 5.85. The van der Waals surface area contributed by atoms with Crippen molar-refractivity contribution in [2.45, 2.75) is 32.9 Å². The van der Waals surface area contributed by atoms with E-state index in [0.29, 0.717) is 25.6 Å². The minimum absolute atomic E-state index is 0. The van der Waals surface area contributed by atoms with E-state index >= 15 is 0 Å². The van der Waals surface area contributed by atoms with Gasteiger partial charge in [-0.3, -0.25) is 4.99 Å². The average molecular weight is 517 g/mol. The number of aromatic nitrogens is 1. The van der Waals surface area contributed by atoms with Gasteiger partial charge in [-0.15, -0.1) is 35.3 Å². The Kier molecular flexibility index (Phi) is 11.4. The van der Waals surface area contributed by atoms with Gasteiger partial charge in [0.2, 0.25) is 0 Å². The van der Waals surface area contributed by atoms with Crippen LogP contribution in [0.25, 0.3) is 0 Å². The molecule has 0 aliphatic heterocycles. The Bertz CT molecular complexity index is 733. The number of thiazole rings is 1. The SMILES string of the molecule is CN=C(NCc1cccc(OCCN(C)C)c1)NCc1nc(C(C)C)cs1.I. The van der Waals surface area contributed by atoms with Crippen LogP contribution in [0.2, 0.25) is 0 Å². The molecule has 28 heavy (non-hydrogen) atoms. The predicted molar refractivity (Wildman–Crippen MR) is 129 cm³/mol. The highest BCUT2D eigenvalue weighted by atomic mass is 127. The van der Waals surface area contributed by atoms with Crippen LogP contribution in [0.5, 0.6) is 5.75 Å². The molecule has 0 aliphatic rings. The molecule has 2 aromatic rings. The monoisotopic (exact) mass is 517 g/mol. The highest BCUT2D eigenvalue weighted by molar-refractivity contribution is 14.0. The molecule has 0 saturated carbocycles. The number of halogens is 1. The molecule has 1 aromatic heterocycles. The van der Waals surface area contributed by atoms with Gasteiger partial charge in [-0.2, -0.15) is 0 Å². The molecule has 6 nitrogen and oxygen atoms in total. The first-order valence-electron chi connectivity index (χ1n) is 9.23. The lowest BCUT2D eigenvalue weighted by Crippen LogP contribution is -2.36. The van der Waals surface area contributed by atoms with Gasteiger partial charge < -0.3 is 20.3 Å². The molecular formula is C20H32IN5OS. The topological polar surface area (TPSA) is 61.8 Å². The molecule has 2 rings (SSSR count). The first-order valence-corrected chi connectivity index (χ1v) is 10.1. The highest BCUT2D eigenvalue weighted by Crippen LogP contribution is 2.17. The van der Waals surface area contributed by atoms with Gasteiger partial charge in [0.15, 0.2) is 5.96 Å². The van der Waals surface area contributed by atoms with Gasteiger partial charge in [0.05, 0.1) is 12.2 Å². The van der Waals surface area contributed by atoms with Crippen LogP contribution < -0.4 is 15.4 Å². The molecule has 0 atom stereocenters. The minimum Gasteiger partial charge on any atom is -0.492 e. The van der Waals surface area contributed by atoms with E-state index in [2.05, 4.69) is 56.9 Å². The standard InChI is InChI=1S/C20H31N5OS.HI/c1-15(2)18-14-27-19(24-18)13-23-20(21-3)22-12-16-7-6-8-17(11-16)26-10-9-25(4)5;/h6-8,11,14-15H,9-10,12-13H2,1-5H3,(H2,21,22,23);1H. The summed E-state index contributed by atoms with van der Waals surface area (Å²) in [4.78, 5) is 11.0. The Hall–Kier alpha value is -1.39. The van der Waals surface area contributed by atoms with Gasteiger partial charge in [0.25, 0.3) is 0 Å². The van der Waals surface area contributed by atoms with Crippen LogP contribution in [0.3, 0.4) is 0 Å². The van der Waals surface area contributed by atoms with E-state index in [1.807, 2.05) is 26.2 Å². The Morgan fingerprint density at radius 3 is 2.64 bits per heavy atom. The van der Waals surface area contributed by atoms with Crippen molar-refractivity contribution >= 4 is 41.3 Å². The Balaban J connectivity index is 0.00000392. The zero-order valence-electron chi connectivity index (χ0n) is 17.4. The van der Waals surface area contributed by atoms with Crippen molar-refractivity contribution in [2.75, 3.05) is 34.3 Å². The zero-order chi connectivity index (χ0) is 19.6. The summed E-state index contributed by atoms with van der Waals surface area (Å²) in [6.07, 6.45) is 0. The number of guanidine groups is 1. The van der Waals surface area contributed by atoms with Crippen LogP contribution in [0.1, 0.15) is 36.0 Å². The lowest BCUT2D eigenvalue weighted by Gasteiger charge is -2.13. The molecule has 1 aromatic carbocycles. The Morgan fingerprint density at radius 2 is 2.00 bits per heavy atom. The molecule has 0 bridgehead atoms. The maximum absolute atomic E-state index is 5.80. The Labute approximate surface area is 189 Å². The van der Waals surface area contributed by atoms with E-state index in [1.165, 1.54) is 0 Å². The fourth-order valence-corrected chi connectivity index (χ4v) is 3.22. The third-order valence-electron chi connectivity index (χ3n) is 3.96. The number of likely N-dealkylation sites (N-methyl/N-ethyl adjacent to an activating group) is 1. The van der Waals surface area contributed by atoms with E-state index in [9.17, 15) is 0 Å². The molecule has 1 heterocycles. The van der Waals surface area contributed by atoms with Crippen molar-refractivity contribution in [3.05, 3.63) is 45.9 Å². The van der Waals surface area contributed by atoms with E-state index in [-0.39, 0.29) is 24.0 Å². The molecule has 0 unspecified atom stereocenters. The lowest BCUT2D eigenvalue weighted by atomic mass is 10.2. The summed E-state index contributed by atoms with van der Waals surface area (Å²) >= 11 is 1.68. The van der Waals surface area contributed by atoms with Gasteiger partial charge in [0, 0.05) is 25.5 Å². The average Bonchev–Trinajstić information content (AvgIpc) is 3.11. The second kappa shape index (κ2) is 12.9. The normalized spacial score (nSPS) is 11.5. The number of hydrogen-bond donors (Lipinski definition) is 2. The summed E-state index contributed by atoms with van der Waals surface area (Å²) in [5.74, 6) is 2.11. The van der Waals surface area contributed by atoms with Gasteiger partial charge in [-0.05, 0) is 37.7 Å². The molecule has 0 aliphatic carbocycles. The molecule has 2 N–H and O–H groups in total. The van der Waals surface area contributed by atoms with Crippen molar-refractivity contribution < 1.29 is 4.74 Å². The van der Waals surface area contributed by atoms with Crippen LogP contribution in [0.4, 0.5) is 0 Å². The molecule has 0 fully saturated rings. The smallest absolute Gasteiger partial charge is 0.191 e. The van der Waals surface area contributed by atoms with Gasteiger partial charge in [0.1, 0.15) is 17.4 Å². The first kappa shape index (κ1) is 24.6. The third kappa shape index (κ3) is 8.74. The van der Waals surface area contributed by atoms with E-state index < -0.39 is 0 Å². The predicted octanol–water partition coefficient (Wildman–Crippen LogP) is 3.69. The quantitative estimate of drug-likeness (QED) is 0.302. The van der Waals surface area contributed by atoms with Crippen LogP contribution in [0.15, 0.2) is 34.6 Å². The number of rotatable bonds is 9. The summed E-state index contributed by atoms with van der Waals surface area (Å²) in [5.41, 5.74) is 2.29. The van der Waals surface area contributed by atoms with Crippen molar-refractivity contribution in [1.29, 1.82) is 0 Å². The number of hydrogen-bond acceptors (Lipinski definition) is 5. The van der Waals surface area contributed by atoms with E-state index in [0.717, 1.165) is 34.5 Å². The molecule has 0 radical (unpaired) electrons. The van der Waals surface area contributed by atoms with Crippen molar-refractivity contribution in [3.63, 3.8) is 0 Å². The largest absolute Gasteiger partial charge is 0.492 e. The molecule has 8 heteroatoms. The summed E-state index contributed by atoms with van der Waals surface area (Å²) in [6, 6.07) is 8.14. The van der Waals surface area contributed by atoms with Gasteiger partial charge >= 0.3 is 0 Å². The third-order valence-corrected chi connectivity index (χ3v) is 4.82. The van der Waals surface area contributed by atoms with Crippen LogP contribution in [-0.2, 0) is 13.1 Å².